The maximum Gasteiger partial charge on any atom is 0.201 e. The zero-order valence-corrected chi connectivity index (χ0v) is 9.84. The first kappa shape index (κ1) is 13.1. The van der Waals surface area contributed by atoms with E-state index in [-0.39, 0.29) is 21.5 Å². The van der Waals surface area contributed by atoms with Crippen LogP contribution in [0.3, 0.4) is 0 Å². The van der Waals surface area contributed by atoms with E-state index in [9.17, 15) is 5.11 Å². The van der Waals surface area contributed by atoms with Crippen molar-refractivity contribution in [1.29, 1.82) is 10.7 Å². The van der Waals surface area contributed by atoms with E-state index in [1.54, 1.807) is 6.07 Å². The molecule has 88 valence electrons. The summed E-state index contributed by atoms with van der Waals surface area (Å²) in [6, 6.07) is 4.36. The lowest BCUT2D eigenvalue weighted by atomic mass is 10.3. The van der Waals surface area contributed by atoms with Gasteiger partial charge in [0.15, 0.2) is 11.6 Å². The topological polar surface area (TPSA) is 118 Å². The predicted molar refractivity (Wildman–Crippen MR) is 66.7 cm³/mol. The second kappa shape index (κ2) is 5.39. The molecule has 1 rings (SSSR count). The lowest BCUT2D eigenvalue weighted by Crippen LogP contribution is -2.21. The largest absolute Gasteiger partial charge is 0.505 e. The van der Waals surface area contributed by atoms with Crippen LogP contribution in [0.2, 0.25) is 10.0 Å². The summed E-state index contributed by atoms with van der Waals surface area (Å²) in [6.45, 7) is 0. The summed E-state index contributed by atoms with van der Waals surface area (Å²) in [6.07, 6.45) is 0. The van der Waals surface area contributed by atoms with Gasteiger partial charge in [-0.15, -0.1) is 0 Å². The van der Waals surface area contributed by atoms with Gasteiger partial charge in [-0.25, -0.2) is 0 Å². The molecule has 17 heavy (non-hydrogen) atoms. The summed E-state index contributed by atoms with van der Waals surface area (Å²) in [4.78, 5) is 0. The Morgan fingerprint density at radius 2 is 2.00 bits per heavy atom. The van der Waals surface area contributed by atoms with Crippen LogP contribution < -0.4 is 11.2 Å². The minimum atomic E-state index is -0.462. The van der Waals surface area contributed by atoms with Crippen molar-refractivity contribution in [3.05, 3.63) is 22.2 Å². The molecule has 1 aromatic rings. The molecule has 0 aliphatic rings. The van der Waals surface area contributed by atoms with Crippen LogP contribution in [0.4, 0.5) is 5.69 Å². The summed E-state index contributed by atoms with van der Waals surface area (Å²) in [7, 11) is 0. The minimum Gasteiger partial charge on any atom is -0.505 e. The highest BCUT2D eigenvalue weighted by molar-refractivity contribution is 6.45. The number of hydrogen-bond donors (Lipinski definition) is 4. The van der Waals surface area contributed by atoms with E-state index in [2.05, 4.69) is 10.5 Å². The zero-order valence-electron chi connectivity index (χ0n) is 8.33. The van der Waals surface area contributed by atoms with Crippen molar-refractivity contribution in [1.82, 2.24) is 0 Å². The molecule has 8 heteroatoms. The van der Waals surface area contributed by atoms with Gasteiger partial charge in [0.1, 0.15) is 6.07 Å². The van der Waals surface area contributed by atoms with Crippen molar-refractivity contribution in [2.45, 2.75) is 0 Å². The van der Waals surface area contributed by atoms with Crippen LogP contribution in [0.1, 0.15) is 0 Å². The maximum absolute atomic E-state index is 9.31. The number of phenols is 1. The van der Waals surface area contributed by atoms with Crippen molar-refractivity contribution < 1.29 is 5.11 Å². The third-order valence-electron chi connectivity index (χ3n) is 1.67. The van der Waals surface area contributed by atoms with Crippen LogP contribution in [0.15, 0.2) is 17.2 Å². The number of nitrogens with two attached hydrogens (primary N) is 1. The Hall–Kier alpha value is -1.97. The summed E-state index contributed by atoms with van der Waals surface area (Å²) >= 11 is 11.4. The number of nitriles is 1. The van der Waals surface area contributed by atoms with E-state index < -0.39 is 5.84 Å². The maximum atomic E-state index is 9.31. The molecular weight excluding hydrogens is 265 g/mol. The number of aromatic hydroxyl groups is 1. The van der Waals surface area contributed by atoms with Crippen molar-refractivity contribution in [2.24, 2.45) is 10.8 Å². The fourth-order valence-corrected chi connectivity index (χ4v) is 1.38. The van der Waals surface area contributed by atoms with Crippen LogP contribution in [-0.4, -0.2) is 16.7 Å². The first-order valence-electron chi connectivity index (χ1n) is 4.22. The van der Waals surface area contributed by atoms with Crippen molar-refractivity contribution in [3.8, 4) is 11.8 Å². The highest BCUT2D eigenvalue weighted by atomic mass is 35.5. The van der Waals surface area contributed by atoms with E-state index in [4.69, 9.17) is 39.6 Å². The molecular formula is C9H7Cl2N5O. The van der Waals surface area contributed by atoms with E-state index in [0.717, 1.165) is 0 Å². The minimum absolute atomic E-state index is 0.0385. The molecule has 0 unspecified atom stereocenters. The van der Waals surface area contributed by atoms with E-state index in [1.807, 2.05) is 0 Å². The van der Waals surface area contributed by atoms with Crippen LogP contribution in [-0.2, 0) is 0 Å². The second-order valence-corrected chi connectivity index (χ2v) is 3.70. The molecule has 0 fully saturated rings. The number of anilines is 1. The average Bonchev–Trinajstić information content (AvgIpc) is 2.26. The summed E-state index contributed by atoms with van der Waals surface area (Å²) < 4.78 is 0. The number of phenolic OH excluding ortho intramolecular Hbond substituents is 1. The van der Waals surface area contributed by atoms with Crippen LogP contribution in [0.5, 0.6) is 5.75 Å². The Morgan fingerprint density at radius 1 is 1.47 bits per heavy atom. The average molecular weight is 272 g/mol. The van der Waals surface area contributed by atoms with Gasteiger partial charge in [-0.2, -0.15) is 10.4 Å². The number of halogens is 2. The standard InChI is InChI=1S/C9H7Cl2N5O/c10-5-1-4(2-6(11)8(5)17)15-16-7(3-12)9(13)14/h1-2,15,17H,(H3,13,14)/b16-7+. The Balaban J connectivity index is 2.98. The van der Waals surface area contributed by atoms with E-state index in [1.165, 1.54) is 12.1 Å². The molecule has 1 aromatic carbocycles. The molecule has 0 aliphatic heterocycles. The molecule has 0 radical (unpaired) electrons. The molecule has 0 aromatic heterocycles. The van der Waals surface area contributed by atoms with Gasteiger partial charge in [-0.05, 0) is 12.1 Å². The highest BCUT2D eigenvalue weighted by Gasteiger charge is 2.07. The van der Waals surface area contributed by atoms with Crippen molar-refractivity contribution in [2.75, 3.05) is 5.43 Å². The molecule has 0 spiro atoms. The van der Waals surface area contributed by atoms with Gasteiger partial charge in [0.05, 0.1) is 15.7 Å². The van der Waals surface area contributed by atoms with Gasteiger partial charge in [0.2, 0.25) is 5.71 Å². The third-order valence-corrected chi connectivity index (χ3v) is 2.25. The SMILES string of the molecule is N#C/C(=N\Nc1cc(Cl)c(O)c(Cl)c1)C(=N)N. The third kappa shape index (κ3) is 3.24. The molecule has 0 heterocycles. The number of amidine groups is 1. The fraction of sp³-hybridized carbons (Fsp3) is 0. The predicted octanol–water partition coefficient (Wildman–Crippen LogP) is 1.93. The zero-order chi connectivity index (χ0) is 13.0. The molecule has 6 nitrogen and oxygen atoms in total. The van der Waals surface area contributed by atoms with Gasteiger partial charge < -0.3 is 10.8 Å². The lowest BCUT2D eigenvalue weighted by molar-refractivity contribution is 0.476. The highest BCUT2D eigenvalue weighted by Crippen LogP contribution is 2.34. The molecule has 0 atom stereocenters. The summed E-state index contributed by atoms with van der Waals surface area (Å²) in [5.41, 5.74) is 7.62. The van der Waals surface area contributed by atoms with Gasteiger partial charge in [-0.1, -0.05) is 23.2 Å². The summed E-state index contributed by atoms with van der Waals surface area (Å²) in [5.74, 6) is -0.703. The normalized spacial score (nSPS) is 10.8. The van der Waals surface area contributed by atoms with Crippen molar-refractivity contribution in [3.63, 3.8) is 0 Å². The van der Waals surface area contributed by atoms with Gasteiger partial charge in [0, 0.05) is 0 Å². The van der Waals surface area contributed by atoms with Gasteiger partial charge in [0.25, 0.3) is 0 Å². The first-order chi connectivity index (χ1) is 7.95. The number of nitrogens with one attached hydrogen (secondary N) is 2. The van der Waals surface area contributed by atoms with Crippen LogP contribution >= 0.6 is 23.2 Å². The van der Waals surface area contributed by atoms with Crippen molar-refractivity contribution >= 4 is 40.4 Å². The first-order valence-corrected chi connectivity index (χ1v) is 4.97. The number of hydrogen-bond acceptors (Lipinski definition) is 5. The van der Waals surface area contributed by atoms with Gasteiger partial charge >= 0.3 is 0 Å². The Morgan fingerprint density at radius 3 is 2.41 bits per heavy atom. The Kier molecular flexibility index (Phi) is 4.15. The van der Waals surface area contributed by atoms with Crippen LogP contribution in [0.25, 0.3) is 0 Å². The number of rotatable bonds is 3. The molecule has 0 saturated heterocycles. The molecule has 0 amide bonds. The Labute approximate surface area is 107 Å². The van der Waals surface area contributed by atoms with E-state index in [0.29, 0.717) is 5.69 Å². The molecule has 0 saturated carbocycles. The number of hydrazone groups is 1. The summed E-state index contributed by atoms with van der Waals surface area (Å²) in [5, 5.41) is 28.6. The number of benzene rings is 1. The van der Waals surface area contributed by atoms with Gasteiger partial charge in [-0.3, -0.25) is 10.8 Å². The number of nitrogens with zero attached hydrogens (tertiary/aromatic N) is 2. The quantitative estimate of drug-likeness (QED) is 0.291. The molecule has 0 bridgehead atoms. The smallest absolute Gasteiger partial charge is 0.201 e. The second-order valence-electron chi connectivity index (χ2n) is 2.89. The molecule has 0 aliphatic carbocycles. The van der Waals surface area contributed by atoms with E-state index >= 15 is 0 Å². The fourth-order valence-electron chi connectivity index (χ4n) is 0.896. The van der Waals surface area contributed by atoms with Crippen LogP contribution in [0, 0.1) is 16.7 Å². The monoisotopic (exact) mass is 271 g/mol. The molecule has 5 N–H and O–H groups in total. The lowest BCUT2D eigenvalue weighted by Gasteiger charge is -2.05. The Bertz CT molecular complexity index is 512.